The molecule has 0 saturated carbocycles. The molecule has 2 aliphatic heterocycles. The SMILES string of the molecule is CC(=O)Nc1ccc2c(c1)C(=O)N(C)[C@H]1CC[C@H](CC(=O)NCc3ccccc3)O[C@H]1CO2. The lowest BCUT2D eigenvalue weighted by atomic mass is 9.94. The lowest BCUT2D eigenvalue weighted by Crippen LogP contribution is -2.53. The van der Waals surface area contributed by atoms with E-state index in [1.807, 2.05) is 30.3 Å². The largest absolute Gasteiger partial charge is 0.490 e. The van der Waals surface area contributed by atoms with Gasteiger partial charge in [-0.1, -0.05) is 30.3 Å². The normalized spacial score (nSPS) is 22.2. The first-order valence-electron chi connectivity index (χ1n) is 11.2. The quantitative estimate of drug-likeness (QED) is 0.729. The van der Waals surface area contributed by atoms with Crippen LogP contribution in [0.25, 0.3) is 0 Å². The summed E-state index contributed by atoms with van der Waals surface area (Å²) in [6, 6.07) is 14.6. The predicted octanol–water partition coefficient (Wildman–Crippen LogP) is 2.73. The van der Waals surface area contributed by atoms with E-state index < -0.39 is 0 Å². The first-order chi connectivity index (χ1) is 15.9. The van der Waals surface area contributed by atoms with Crippen LogP contribution in [0.1, 0.15) is 42.1 Å². The van der Waals surface area contributed by atoms with Crippen molar-refractivity contribution in [3.63, 3.8) is 0 Å². The Kier molecular flexibility index (Phi) is 6.93. The Morgan fingerprint density at radius 3 is 2.67 bits per heavy atom. The van der Waals surface area contributed by atoms with Gasteiger partial charge in [-0.15, -0.1) is 0 Å². The summed E-state index contributed by atoms with van der Waals surface area (Å²) in [5, 5.41) is 5.64. The van der Waals surface area contributed by atoms with E-state index in [2.05, 4.69) is 10.6 Å². The van der Waals surface area contributed by atoms with E-state index in [0.29, 0.717) is 36.4 Å². The first kappa shape index (κ1) is 22.8. The number of anilines is 1. The monoisotopic (exact) mass is 451 g/mol. The Morgan fingerprint density at radius 2 is 1.91 bits per heavy atom. The van der Waals surface area contributed by atoms with Gasteiger partial charge in [0.1, 0.15) is 18.5 Å². The third-order valence-corrected chi connectivity index (χ3v) is 6.08. The smallest absolute Gasteiger partial charge is 0.257 e. The van der Waals surface area contributed by atoms with E-state index >= 15 is 0 Å². The average Bonchev–Trinajstić information content (AvgIpc) is 2.81. The number of rotatable bonds is 5. The number of likely N-dealkylation sites (N-methyl/N-ethyl adjacent to an activating group) is 1. The Morgan fingerprint density at radius 1 is 1.12 bits per heavy atom. The standard InChI is InChI=1S/C25H29N3O5/c1-16(29)27-18-8-11-22-20(12-18)25(31)28(2)21-10-9-19(33-23(21)15-32-22)13-24(30)26-14-17-6-4-3-5-7-17/h3-8,11-12,19,21,23H,9-10,13-15H2,1-2H3,(H,26,30)(H,27,29)/t19-,21+,23+/m1/s1. The maximum atomic E-state index is 13.2. The molecule has 2 heterocycles. The zero-order valence-electron chi connectivity index (χ0n) is 18.9. The zero-order valence-corrected chi connectivity index (χ0v) is 18.9. The molecule has 0 radical (unpaired) electrons. The van der Waals surface area contributed by atoms with E-state index in [-0.39, 0.29) is 49.0 Å². The molecule has 3 amide bonds. The van der Waals surface area contributed by atoms with Crippen LogP contribution in [0.3, 0.4) is 0 Å². The van der Waals surface area contributed by atoms with Gasteiger partial charge in [-0.3, -0.25) is 14.4 Å². The fourth-order valence-electron chi connectivity index (χ4n) is 4.38. The molecule has 2 N–H and O–H groups in total. The number of fused-ring (bicyclic) bond motifs is 2. The minimum absolute atomic E-state index is 0.0608. The van der Waals surface area contributed by atoms with Gasteiger partial charge in [-0.05, 0) is 36.6 Å². The topological polar surface area (TPSA) is 97.0 Å². The van der Waals surface area contributed by atoms with Crippen LogP contribution in [-0.2, 0) is 20.9 Å². The highest BCUT2D eigenvalue weighted by atomic mass is 16.5. The van der Waals surface area contributed by atoms with Crippen molar-refractivity contribution in [2.45, 2.75) is 51.0 Å². The molecule has 8 heteroatoms. The molecular formula is C25H29N3O5. The molecule has 4 rings (SSSR count). The molecule has 0 spiro atoms. The molecule has 0 aromatic heterocycles. The summed E-state index contributed by atoms with van der Waals surface area (Å²) in [7, 11) is 1.76. The lowest BCUT2D eigenvalue weighted by Gasteiger charge is -2.42. The fraction of sp³-hybridized carbons (Fsp3) is 0.400. The summed E-state index contributed by atoms with van der Waals surface area (Å²) < 4.78 is 12.2. The van der Waals surface area contributed by atoms with Crippen LogP contribution < -0.4 is 15.4 Å². The number of ether oxygens (including phenoxy) is 2. The number of benzene rings is 2. The molecule has 2 aromatic carbocycles. The maximum Gasteiger partial charge on any atom is 0.257 e. The second-order valence-corrected chi connectivity index (χ2v) is 8.53. The van der Waals surface area contributed by atoms with Gasteiger partial charge in [0.2, 0.25) is 11.8 Å². The van der Waals surface area contributed by atoms with Crippen LogP contribution in [0.4, 0.5) is 5.69 Å². The molecule has 33 heavy (non-hydrogen) atoms. The lowest BCUT2D eigenvalue weighted by molar-refractivity contribution is -0.134. The van der Waals surface area contributed by atoms with Gasteiger partial charge in [0.25, 0.3) is 5.91 Å². The van der Waals surface area contributed by atoms with Crippen molar-refractivity contribution in [1.82, 2.24) is 10.2 Å². The summed E-state index contributed by atoms with van der Waals surface area (Å²) in [5.74, 6) is -0.00302. The summed E-state index contributed by atoms with van der Waals surface area (Å²) in [6.45, 7) is 2.18. The van der Waals surface area contributed by atoms with Crippen LogP contribution in [0.5, 0.6) is 5.75 Å². The zero-order chi connectivity index (χ0) is 23.4. The van der Waals surface area contributed by atoms with E-state index in [1.54, 1.807) is 30.1 Å². The molecule has 0 unspecified atom stereocenters. The van der Waals surface area contributed by atoms with Gasteiger partial charge in [0.15, 0.2) is 0 Å². The van der Waals surface area contributed by atoms with Gasteiger partial charge in [-0.2, -0.15) is 0 Å². The van der Waals surface area contributed by atoms with Gasteiger partial charge in [0.05, 0.1) is 24.1 Å². The number of carbonyl (C=O) groups excluding carboxylic acids is 3. The van der Waals surface area contributed by atoms with E-state index in [4.69, 9.17) is 9.47 Å². The molecule has 2 aliphatic rings. The average molecular weight is 452 g/mol. The Balaban J connectivity index is 1.39. The third kappa shape index (κ3) is 5.51. The highest BCUT2D eigenvalue weighted by Crippen LogP contribution is 2.32. The van der Waals surface area contributed by atoms with Crippen molar-refractivity contribution in [3.8, 4) is 5.75 Å². The molecule has 174 valence electrons. The number of hydrogen-bond acceptors (Lipinski definition) is 5. The van der Waals surface area contributed by atoms with Crippen molar-refractivity contribution >= 4 is 23.4 Å². The third-order valence-electron chi connectivity index (χ3n) is 6.08. The molecule has 1 saturated heterocycles. The number of carbonyl (C=O) groups is 3. The number of nitrogens with one attached hydrogen (secondary N) is 2. The summed E-state index contributed by atoms with van der Waals surface area (Å²) in [6.07, 6.45) is 1.10. The highest BCUT2D eigenvalue weighted by Gasteiger charge is 2.39. The first-order valence-corrected chi connectivity index (χ1v) is 11.2. The second kappa shape index (κ2) is 10.0. The minimum atomic E-state index is -0.331. The molecule has 3 atom stereocenters. The predicted molar refractivity (Wildman–Crippen MR) is 123 cm³/mol. The highest BCUT2D eigenvalue weighted by molar-refractivity contribution is 5.99. The maximum absolute atomic E-state index is 13.2. The van der Waals surface area contributed by atoms with Crippen molar-refractivity contribution in [2.75, 3.05) is 19.0 Å². The van der Waals surface area contributed by atoms with Gasteiger partial charge in [0, 0.05) is 26.2 Å². The van der Waals surface area contributed by atoms with Crippen molar-refractivity contribution in [1.29, 1.82) is 0 Å². The molecule has 0 bridgehead atoms. The Labute approximate surface area is 193 Å². The molecule has 2 aromatic rings. The summed E-state index contributed by atoms with van der Waals surface area (Å²) in [5.41, 5.74) is 2.00. The van der Waals surface area contributed by atoms with Gasteiger partial charge in [-0.25, -0.2) is 0 Å². The van der Waals surface area contributed by atoms with Crippen LogP contribution in [-0.4, -0.2) is 54.5 Å². The second-order valence-electron chi connectivity index (χ2n) is 8.53. The number of nitrogens with zero attached hydrogens (tertiary/aromatic N) is 1. The fourth-order valence-corrected chi connectivity index (χ4v) is 4.38. The van der Waals surface area contributed by atoms with E-state index in [9.17, 15) is 14.4 Å². The minimum Gasteiger partial charge on any atom is -0.490 e. The van der Waals surface area contributed by atoms with Gasteiger partial charge < -0.3 is 25.0 Å². The van der Waals surface area contributed by atoms with Crippen LogP contribution in [0.2, 0.25) is 0 Å². The van der Waals surface area contributed by atoms with Crippen LogP contribution in [0, 0.1) is 0 Å². The molecule has 0 aliphatic carbocycles. The Bertz CT molecular complexity index is 1030. The van der Waals surface area contributed by atoms with Crippen LogP contribution in [0.15, 0.2) is 48.5 Å². The van der Waals surface area contributed by atoms with Crippen LogP contribution >= 0.6 is 0 Å². The summed E-state index contributed by atoms with van der Waals surface area (Å²) >= 11 is 0. The van der Waals surface area contributed by atoms with Crippen molar-refractivity contribution < 1.29 is 23.9 Å². The summed E-state index contributed by atoms with van der Waals surface area (Å²) in [4.78, 5) is 38.7. The van der Waals surface area contributed by atoms with Crippen molar-refractivity contribution in [3.05, 3.63) is 59.7 Å². The van der Waals surface area contributed by atoms with Gasteiger partial charge >= 0.3 is 0 Å². The number of hydrogen-bond donors (Lipinski definition) is 2. The van der Waals surface area contributed by atoms with E-state index in [0.717, 1.165) is 5.56 Å². The van der Waals surface area contributed by atoms with E-state index in [1.165, 1.54) is 6.92 Å². The number of amides is 3. The Hall–Kier alpha value is -3.39. The molecule has 8 nitrogen and oxygen atoms in total. The molecule has 1 fully saturated rings. The molecular weight excluding hydrogens is 422 g/mol. The van der Waals surface area contributed by atoms with Crippen molar-refractivity contribution in [2.24, 2.45) is 0 Å².